The van der Waals surface area contributed by atoms with E-state index in [0.717, 1.165) is 0 Å². The number of carbonyl (C=O) groups excluding carboxylic acids is 1. The van der Waals surface area contributed by atoms with Crippen LogP contribution in [0.15, 0.2) is 45.4 Å². The predicted octanol–water partition coefficient (Wildman–Crippen LogP) is 4.12. The van der Waals surface area contributed by atoms with Gasteiger partial charge in [-0.15, -0.1) is 0 Å². The summed E-state index contributed by atoms with van der Waals surface area (Å²) in [5.41, 5.74) is 1.85. The van der Waals surface area contributed by atoms with E-state index in [1.807, 2.05) is 4.90 Å². The summed E-state index contributed by atoms with van der Waals surface area (Å²) in [6.45, 7) is 4.62. The topological polar surface area (TPSA) is 141 Å². The Hall–Kier alpha value is -3.78. The molecule has 4 rings (SSSR count). The van der Waals surface area contributed by atoms with Crippen molar-refractivity contribution >= 4 is 33.2 Å². The van der Waals surface area contributed by atoms with E-state index >= 15 is 0 Å². The molecule has 10 nitrogen and oxygen atoms in total. The summed E-state index contributed by atoms with van der Waals surface area (Å²) in [5, 5.41) is 12.4. The van der Waals surface area contributed by atoms with Crippen LogP contribution in [0.3, 0.4) is 0 Å². The number of hydrogen-bond acceptors (Lipinski definition) is 8. The van der Waals surface area contributed by atoms with E-state index in [1.165, 1.54) is 6.26 Å². The molecule has 3 heterocycles. The van der Waals surface area contributed by atoms with Crippen molar-refractivity contribution in [1.82, 2.24) is 4.98 Å². The van der Waals surface area contributed by atoms with E-state index in [9.17, 15) is 18.5 Å². The Labute approximate surface area is 204 Å². The fourth-order valence-corrected chi connectivity index (χ4v) is 5.25. The minimum atomic E-state index is -3.43. The van der Waals surface area contributed by atoms with E-state index < -0.39 is 10.0 Å². The highest BCUT2D eigenvalue weighted by Gasteiger charge is 2.29. The van der Waals surface area contributed by atoms with Crippen molar-refractivity contribution in [3.05, 3.63) is 47.9 Å². The van der Waals surface area contributed by atoms with Crippen LogP contribution in [0, 0.1) is 24.2 Å². The van der Waals surface area contributed by atoms with E-state index in [4.69, 9.17) is 8.83 Å². The lowest BCUT2D eigenvalue weighted by Crippen LogP contribution is -2.38. The largest absolute Gasteiger partial charge is 0.459 e. The lowest BCUT2D eigenvalue weighted by atomic mass is 9.95. The number of benzene rings is 1. The first-order valence-corrected chi connectivity index (χ1v) is 13.1. The SMILES string of the molecule is CCCS(=O)(=O)Nc1cccc(NC(=O)C2CCN(c3oc(-c4ccco4)nc3C#N)CC2)c1C. The van der Waals surface area contributed by atoms with Crippen molar-refractivity contribution in [1.29, 1.82) is 5.26 Å². The lowest BCUT2D eigenvalue weighted by Gasteiger charge is -2.31. The molecule has 1 aromatic carbocycles. The van der Waals surface area contributed by atoms with E-state index in [-0.39, 0.29) is 29.2 Å². The molecule has 0 aliphatic carbocycles. The molecule has 0 saturated carbocycles. The Morgan fingerprint density at radius 2 is 1.97 bits per heavy atom. The Morgan fingerprint density at radius 1 is 1.23 bits per heavy atom. The molecule has 1 aliphatic rings. The fourth-order valence-electron chi connectivity index (χ4n) is 4.05. The molecule has 1 saturated heterocycles. The molecular formula is C24H27N5O5S. The summed E-state index contributed by atoms with van der Waals surface area (Å²) in [4.78, 5) is 19.1. The van der Waals surface area contributed by atoms with Crippen LogP contribution in [0.2, 0.25) is 0 Å². The number of anilines is 3. The molecule has 1 fully saturated rings. The number of nitriles is 1. The average Bonchev–Trinajstić information content (AvgIpc) is 3.51. The number of carbonyl (C=O) groups is 1. The Kier molecular flexibility index (Phi) is 7.12. The third kappa shape index (κ3) is 5.49. The number of sulfonamides is 1. The van der Waals surface area contributed by atoms with E-state index in [0.29, 0.717) is 60.9 Å². The molecule has 11 heteroatoms. The van der Waals surface area contributed by atoms with Crippen LogP contribution in [0.4, 0.5) is 17.3 Å². The maximum atomic E-state index is 13.0. The Balaban J connectivity index is 1.40. The molecule has 0 radical (unpaired) electrons. The lowest BCUT2D eigenvalue weighted by molar-refractivity contribution is -0.120. The zero-order valence-corrected chi connectivity index (χ0v) is 20.4. The number of amides is 1. The molecule has 2 N–H and O–H groups in total. The van der Waals surface area contributed by atoms with Gasteiger partial charge in [0.1, 0.15) is 6.07 Å². The number of oxazole rings is 1. The normalized spacial score (nSPS) is 14.5. The van der Waals surface area contributed by atoms with E-state index in [2.05, 4.69) is 21.1 Å². The molecule has 2 aromatic heterocycles. The van der Waals surface area contributed by atoms with Crippen LogP contribution in [-0.2, 0) is 14.8 Å². The average molecular weight is 498 g/mol. The van der Waals surface area contributed by atoms with Gasteiger partial charge in [0.15, 0.2) is 5.76 Å². The van der Waals surface area contributed by atoms with Crippen LogP contribution in [0.25, 0.3) is 11.7 Å². The summed E-state index contributed by atoms with van der Waals surface area (Å²) in [6.07, 6.45) is 3.15. The molecule has 0 spiro atoms. The molecule has 35 heavy (non-hydrogen) atoms. The summed E-state index contributed by atoms with van der Waals surface area (Å²) < 4.78 is 38.0. The second-order valence-corrected chi connectivity index (χ2v) is 10.3. The van der Waals surface area contributed by atoms with Crippen LogP contribution in [0.1, 0.15) is 37.4 Å². The maximum Gasteiger partial charge on any atom is 0.266 e. The monoisotopic (exact) mass is 497 g/mol. The van der Waals surface area contributed by atoms with Gasteiger partial charge < -0.3 is 19.1 Å². The highest BCUT2D eigenvalue weighted by molar-refractivity contribution is 7.92. The summed E-state index contributed by atoms with van der Waals surface area (Å²) in [7, 11) is -3.43. The Bertz CT molecular complexity index is 1330. The van der Waals surface area contributed by atoms with Crippen molar-refractivity contribution in [2.24, 2.45) is 5.92 Å². The van der Waals surface area contributed by atoms with Crippen LogP contribution in [-0.4, -0.2) is 38.2 Å². The van der Waals surface area contributed by atoms with Gasteiger partial charge in [0.25, 0.3) is 5.89 Å². The highest BCUT2D eigenvalue weighted by atomic mass is 32.2. The van der Waals surface area contributed by atoms with Gasteiger partial charge in [0.05, 0.1) is 17.7 Å². The molecule has 1 amide bonds. The number of aromatic nitrogens is 1. The smallest absolute Gasteiger partial charge is 0.266 e. The minimum Gasteiger partial charge on any atom is -0.459 e. The van der Waals surface area contributed by atoms with Crippen molar-refractivity contribution in [2.45, 2.75) is 33.1 Å². The molecule has 184 valence electrons. The van der Waals surface area contributed by atoms with Crippen LogP contribution in [0.5, 0.6) is 0 Å². The third-order valence-electron chi connectivity index (χ3n) is 5.93. The van der Waals surface area contributed by atoms with Gasteiger partial charge in [0, 0.05) is 24.7 Å². The standard InChI is InChI=1S/C24H27N5O5S/c1-3-14-35(31,32)28-19-7-4-6-18(16(19)2)26-22(30)17-9-11-29(12-10-17)24-20(15-25)27-23(34-24)21-8-5-13-33-21/h4-8,13,17,28H,3,9-12,14H2,1-2H3,(H,26,30). The number of furan rings is 1. The van der Waals surface area contributed by atoms with E-state index in [1.54, 1.807) is 44.2 Å². The molecular weight excluding hydrogens is 470 g/mol. The number of nitrogens with zero attached hydrogens (tertiary/aromatic N) is 3. The third-order valence-corrected chi connectivity index (χ3v) is 7.41. The molecule has 1 aliphatic heterocycles. The highest BCUT2D eigenvalue weighted by Crippen LogP contribution is 2.32. The quantitative estimate of drug-likeness (QED) is 0.473. The van der Waals surface area contributed by atoms with Gasteiger partial charge in [-0.05, 0) is 56.0 Å². The van der Waals surface area contributed by atoms with Gasteiger partial charge in [-0.2, -0.15) is 10.2 Å². The van der Waals surface area contributed by atoms with Crippen molar-refractivity contribution in [3.8, 4) is 17.7 Å². The molecule has 0 atom stereocenters. The maximum absolute atomic E-state index is 13.0. The van der Waals surface area contributed by atoms with Gasteiger partial charge >= 0.3 is 0 Å². The number of hydrogen-bond donors (Lipinski definition) is 2. The van der Waals surface area contributed by atoms with Gasteiger partial charge in [-0.25, -0.2) is 8.42 Å². The molecule has 0 unspecified atom stereocenters. The Morgan fingerprint density at radius 3 is 2.63 bits per heavy atom. The van der Waals surface area contributed by atoms with Gasteiger partial charge in [-0.3, -0.25) is 9.52 Å². The second kappa shape index (κ2) is 10.2. The van der Waals surface area contributed by atoms with Crippen molar-refractivity contribution < 1.29 is 22.0 Å². The van der Waals surface area contributed by atoms with Crippen LogP contribution < -0.4 is 14.9 Å². The first kappa shape index (κ1) is 24.3. The van der Waals surface area contributed by atoms with Crippen molar-refractivity contribution in [3.63, 3.8) is 0 Å². The first-order valence-electron chi connectivity index (χ1n) is 11.4. The zero-order valence-electron chi connectivity index (χ0n) is 19.6. The van der Waals surface area contributed by atoms with Crippen molar-refractivity contribution in [2.75, 3.05) is 33.8 Å². The fraction of sp³-hybridized carbons (Fsp3) is 0.375. The molecule has 0 bridgehead atoms. The number of nitrogens with one attached hydrogen (secondary N) is 2. The van der Waals surface area contributed by atoms with Gasteiger partial charge in [-0.1, -0.05) is 13.0 Å². The summed E-state index contributed by atoms with van der Waals surface area (Å²) in [5.74, 6) is 0.729. The zero-order chi connectivity index (χ0) is 25.0. The summed E-state index contributed by atoms with van der Waals surface area (Å²) in [6, 6.07) is 10.6. The van der Waals surface area contributed by atoms with Gasteiger partial charge in [0.2, 0.25) is 27.5 Å². The number of rotatable bonds is 8. The minimum absolute atomic E-state index is 0.0311. The second-order valence-electron chi connectivity index (χ2n) is 8.41. The summed E-state index contributed by atoms with van der Waals surface area (Å²) >= 11 is 0. The van der Waals surface area contributed by atoms with Crippen LogP contribution >= 0.6 is 0 Å². The molecule has 3 aromatic rings. The predicted molar refractivity (Wildman–Crippen MR) is 131 cm³/mol. The number of piperidine rings is 1. The first-order chi connectivity index (χ1) is 16.8.